The largest absolute Gasteiger partial charge is 0.235 e. The van der Waals surface area contributed by atoms with Crippen LogP contribution in [-0.2, 0) is 0 Å². The van der Waals surface area contributed by atoms with Crippen LogP contribution in [-0.4, -0.2) is 5.17 Å². The minimum atomic E-state index is 0.457. The molecule has 0 amide bonds. The molecule has 1 nitrogen and oxygen atoms in total. The molecular weight excluding hydrogens is 110 g/mol. The van der Waals surface area contributed by atoms with Crippen molar-refractivity contribution in [3.63, 3.8) is 0 Å². The molecule has 0 aromatic heterocycles. The fourth-order valence-corrected chi connectivity index (χ4v) is 0.373. The van der Waals surface area contributed by atoms with E-state index in [-0.39, 0.29) is 0 Å². The summed E-state index contributed by atoms with van der Waals surface area (Å²) >= 11 is 5.38. The molecule has 0 spiro atoms. The van der Waals surface area contributed by atoms with E-state index in [1.54, 1.807) is 6.08 Å². The lowest BCUT2D eigenvalue weighted by atomic mass is 10.6. The zero-order valence-corrected chi connectivity index (χ0v) is 4.24. The Morgan fingerprint density at radius 2 is 2.43 bits per heavy atom. The van der Waals surface area contributed by atoms with Crippen molar-refractivity contribution in [2.24, 2.45) is 4.99 Å². The molecule has 0 bridgehead atoms. The summed E-state index contributed by atoms with van der Waals surface area (Å²) in [6.45, 7) is 0. The van der Waals surface area contributed by atoms with Crippen LogP contribution in [0.25, 0.3) is 0 Å². The summed E-state index contributed by atoms with van der Waals surface area (Å²) in [6.07, 6.45) is 3.03. The third kappa shape index (κ3) is 1.06. The molecule has 0 unspecified atom stereocenters. The number of hydrogen-bond acceptors (Lipinski definition) is 1. The monoisotopic (exact) mass is 111 g/mol. The first kappa shape index (κ1) is 4.42. The lowest BCUT2D eigenvalue weighted by Gasteiger charge is -1.79. The van der Waals surface area contributed by atoms with Gasteiger partial charge in [0.15, 0.2) is 0 Å². The summed E-state index contributed by atoms with van der Waals surface area (Å²) < 4.78 is 0. The molecule has 0 fully saturated rings. The lowest BCUT2D eigenvalue weighted by molar-refractivity contribution is 1.59. The van der Waals surface area contributed by atoms with Crippen molar-refractivity contribution in [1.29, 1.82) is 0 Å². The third-order valence-electron chi connectivity index (χ3n) is 0.527. The van der Waals surface area contributed by atoms with Crippen LogP contribution in [0.4, 0.5) is 0 Å². The van der Waals surface area contributed by atoms with Crippen molar-refractivity contribution in [2.75, 3.05) is 0 Å². The van der Waals surface area contributed by atoms with Crippen LogP contribution < -0.4 is 0 Å². The van der Waals surface area contributed by atoms with Gasteiger partial charge < -0.3 is 0 Å². The van der Waals surface area contributed by atoms with Gasteiger partial charge in [0.2, 0.25) is 0 Å². The number of allylic oxidation sites excluding steroid dienone is 1. The van der Waals surface area contributed by atoms with Crippen molar-refractivity contribution in [3.8, 4) is 0 Å². The summed E-state index contributed by atoms with van der Waals surface area (Å²) in [6, 6.07) is 0. The molecule has 0 N–H and O–H groups in total. The predicted molar refractivity (Wildman–Crippen MR) is 29.5 cm³/mol. The molecule has 1 aliphatic rings. The quantitative estimate of drug-likeness (QED) is 0.420. The normalized spacial score (nSPS) is 14.7. The fourth-order valence-electron chi connectivity index (χ4n) is 0.270. The summed E-state index contributed by atoms with van der Waals surface area (Å²) in [5.74, 6) is 0. The molecule has 0 aromatic rings. The van der Waals surface area contributed by atoms with Crippen molar-refractivity contribution < 1.29 is 0 Å². The maximum atomic E-state index is 5.38. The molecule has 0 atom stereocenters. The smallest absolute Gasteiger partial charge is 0.138 e. The molecule has 1 heterocycles. The Balaban J connectivity index is 3.02. The van der Waals surface area contributed by atoms with E-state index in [1.165, 1.54) is 6.20 Å². The van der Waals surface area contributed by atoms with E-state index in [1.807, 2.05) is 0 Å². The fraction of sp³-hybridized carbons (Fsp3) is 0. The molecule has 0 saturated heterocycles. The van der Waals surface area contributed by atoms with Gasteiger partial charge in [0.1, 0.15) is 5.17 Å². The van der Waals surface area contributed by atoms with Gasteiger partial charge in [0, 0.05) is 6.08 Å². The van der Waals surface area contributed by atoms with Gasteiger partial charge in [0.05, 0.1) is 6.20 Å². The zero-order chi connectivity index (χ0) is 5.11. The van der Waals surface area contributed by atoms with Crippen LogP contribution in [0.5, 0.6) is 0 Å². The first-order valence-electron chi connectivity index (χ1n) is 1.79. The minimum absolute atomic E-state index is 0.457. The second-order valence-electron chi connectivity index (χ2n) is 1.01. The van der Waals surface area contributed by atoms with Crippen LogP contribution in [0.15, 0.2) is 28.7 Å². The molecule has 0 saturated carbocycles. The Morgan fingerprint density at radius 1 is 1.57 bits per heavy atom. The van der Waals surface area contributed by atoms with E-state index in [0.717, 1.165) is 0 Å². The van der Waals surface area contributed by atoms with E-state index >= 15 is 0 Å². The van der Waals surface area contributed by atoms with E-state index in [2.05, 4.69) is 16.5 Å². The molecule has 0 aromatic carbocycles. The van der Waals surface area contributed by atoms with Gasteiger partial charge in [0.25, 0.3) is 0 Å². The van der Waals surface area contributed by atoms with Gasteiger partial charge in [-0.25, -0.2) is 4.99 Å². The summed E-state index contributed by atoms with van der Waals surface area (Å²) in [5.41, 5.74) is 5.25. The number of aliphatic imine (C=N–C) groups is 1. The third-order valence-corrected chi connectivity index (χ3v) is 0.734. The molecule has 34 valence electrons. The molecule has 1 rings (SSSR count). The number of rotatable bonds is 0. The number of halogens is 1. The van der Waals surface area contributed by atoms with Gasteiger partial charge in [-0.05, 0) is 5.73 Å². The Morgan fingerprint density at radius 3 is 2.71 bits per heavy atom. The highest BCUT2D eigenvalue weighted by molar-refractivity contribution is 6.68. The maximum absolute atomic E-state index is 5.38. The SMILES string of the molecule is ClC1=NC=C=C=C1. The van der Waals surface area contributed by atoms with Gasteiger partial charge in [-0.2, -0.15) is 0 Å². The Kier molecular flexibility index (Phi) is 1.14. The van der Waals surface area contributed by atoms with Gasteiger partial charge in [-0.15, -0.1) is 0 Å². The predicted octanol–water partition coefficient (Wildman–Crippen LogP) is 1.46. The van der Waals surface area contributed by atoms with Crippen molar-refractivity contribution in [2.45, 2.75) is 0 Å². The van der Waals surface area contributed by atoms with Gasteiger partial charge in [-0.3, -0.25) is 0 Å². The average Bonchev–Trinajstić information content (AvgIpc) is 1.69. The molecule has 0 radical (unpaired) electrons. The number of nitrogens with zero attached hydrogens (tertiary/aromatic N) is 1. The minimum Gasteiger partial charge on any atom is -0.235 e. The first-order chi connectivity index (χ1) is 3.39. The first-order valence-corrected chi connectivity index (χ1v) is 2.16. The topological polar surface area (TPSA) is 12.4 Å². The highest BCUT2D eigenvalue weighted by Gasteiger charge is 1.81. The van der Waals surface area contributed by atoms with Crippen LogP contribution in [0.3, 0.4) is 0 Å². The molecule has 0 aliphatic carbocycles. The summed E-state index contributed by atoms with van der Waals surface area (Å²) in [7, 11) is 0. The van der Waals surface area contributed by atoms with Crippen LogP contribution in [0.2, 0.25) is 0 Å². The lowest BCUT2D eigenvalue weighted by Crippen LogP contribution is -1.75. The van der Waals surface area contributed by atoms with E-state index in [0.29, 0.717) is 5.17 Å². The van der Waals surface area contributed by atoms with Crippen LogP contribution >= 0.6 is 11.6 Å². The Bertz CT molecular complexity index is 190. The maximum Gasteiger partial charge on any atom is 0.138 e. The Hall–Kier alpha value is -0.740. The molecule has 1 aliphatic heterocycles. The van der Waals surface area contributed by atoms with Crippen molar-refractivity contribution in [1.82, 2.24) is 0 Å². The second kappa shape index (κ2) is 1.81. The van der Waals surface area contributed by atoms with E-state index in [9.17, 15) is 0 Å². The molecule has 7 heavy (non-hydrogen) atoms. The zero-order valence-electron chi connectivity index (χ0n) is 3.48. The van der Waals surface area contributed by atoms with Crippen LogP contribution in [0.1, 0.15) is 0 Å². The van der Waals surface area contributed by atoms with Crippen molar-refractivity contribution >= 4 is 16.8 Å². The van der Waals surface area contributed by atoms with Crippen molar-refractivity contribution in [3.05, 3.63) is 23.7 Å². The summed E-state index contributed by atoms with van der Waals surface area (Å²) in [4.78, 5) is 3.66. The summed E-state index contributed by atoms with van der Waals surface area (Å²) in [5, 5.41) is 0.457. The molecule has 2 heteroatoms. The Labute approximate surface area is 46.3 Å². The van der Waals surface area contributed by atoms with E-state index in [4.69, 9.17) is 11.6 Å². The standard InChI is InChI=1S/C5H2ClN/c6-5-3-1-2-4-7-5/h3-4H. The van der Waals surface area contributed by atoms with Gasteiger partial charge >= 0.3 is 0 Å². The van der Waals surface area contributed by atoms with E-state index < -0.39 is 0 Å². The second-order valence-corrected chi connectivity index (χ2v) is 1.40. The highest BCUT2D eigenvalue weighted by atomic mass is 35.5. The number of hydrogen-bond donors (Lipinski definition) is 0. The van der Waals surface area contributed by atoms with Gasteiger partial charge in [-0.1, -0.05) is 17.3 Å². The average molecular weight is 112 g/mol. The highest BCUT2D eigenvalue weighted by Crippen LogP contribution is 1.90. The molecular formula is C5H2ClN. The van der Waals surface area contributed by atoms with Crippen LogP contribution in [0, 0.1) is 0 Å².